The zero-order valence-corrected chi connectivity index (χ0v) is 18.1. The number of nitrogens with one attached hydrogen (secondary N) is 1. The molecule has 1 fully saturated rings. The van der Waals surface area contributed by atoms with Crippen molar-refractivity contribution in [2.24, 2.45) is 0 Å². The molecular formula is C20H23N5O3S2. The lowest BCUT2D eigenvalue weighted by Gasteiger charge is -2.34. The molecule has 8 nitrogen and oxygen atoms in total. The highest BCUT2D eigenvalue weighted by atomic mass is 32.1. The van der Waals surface area contributed by atoms with Crippen LogP contribution >= 0.6 is 22.7 Å². The van der Waals surface area contributed by atoms with E-state index >= 15 is 0 Å². The SMILES string of the molecule is O=C(NCC(=O)N1CCN(CCCc2nc(-c3cccs3)no2)CC1)c1cccs1. The normalized spacial score (nSPS) is 14.7. The van der Waals surface area contributed by atoms with Crippen LogP contribution in [0.5, 0.6) is 0 Å². The van der Waals surface area contributed by atoms with Gasteiger partial charge >= 0.3 is 0 Å². The van der Waals surface area contributed by atoms with Gasteiger partial charge in [0.1, 0.15) is 0 Å². The number of rotatable bonds is 8. The van der Waals surface area contributed by atoms with Crippen molar-refractivity contribution in [3.63, 3.8) is 0 Å². The average molecular weight is 446 g/mol. The number of nitrogens with zero attached hydrogens (tertiary/aromatic N) is 4. The van der Waals surface area contributed by atoms with Gasteiger partial charge in [-0.05, 0) is 35.9 Å². The number of aryl methyl sites for hydroxylation is 1. The second-order valence-electron chi connectivity index (χ2n) is 6.97. The molecule has 0 unspecified atom stereocenters. The van der Waals surface area contributed by atoms with Crippen molar-refractivity contribution in [2.45, 2.75) is 12.8 Å². The molecule has 1 aliphatic heterocycles. The van der Waals surface area contributed by atoms with E-state index in [0.29, 0.717) is 29.7 Å². The number of piperazine rings is 1. The van der Waals surface area contributed by atoms with Gasteiger partial charge in [-0.3, -0.25) is 14.5 Å². The molecule has 0 aliphatic carbocycles. The van der Waals surface area contributed by atoms with Crippen LogP contribution in [-0.4, -0.2) is 71.0 Å². The first-order chi connectivity index (χ1) is 14.7. The lowest BCUT2D eigenvalue weighted by molar-refractivity contribution is -0.131. The van der Waals surface area contributed by atoms with Gasteiger partial charge in [-0.2, -0.15) is 4.98 Å². The highest BCUT2D eigenvalue weighted by molar-refractivity contribution is 7.13. The topological polar surface area (TPSA) is 91.6 Å². The molecule has 1 aliphatic rings. The second-order valence-corrected chi connectivity index (χ2v) is 8.87. The summed E-state index contributed by atoms with van der Waals surface area (Å²) in [6, 6.07) is 7.52. The number of carbonyl (C=O) groups excluding carboxylic acids is 2. The van der Waals surface area contributed by atoms with Gasteiger partial charge in [0.2, 0.25) is 17.6 Å². The largest absolute Gasteiger partial charge is 0.342 e. The highest BCUT2D eigenvalue weighted by Crippen LogP contribution is 2.21. The molecule has 3 aromatic heterocycles. The van der Waals surface area contributed by atoms with Gasteiger partial charge in [0.25, 0.3) is 5.91 Å². The minimum atomic E-state index is -0.194. The molecule has 0 aromatic carbocycles. The van der Waals surface area contributed by atoms with Gasteiger partial charge < -0.3 is 14.7 Å². The van der Waals surface area contributed by atoms with E-state index in [0.717, 1.165) is 37.4 Å². The van der Waals surface area contributed by atoms with Crippen LogP contribution in [0.4, 0.5) is 0 Å². The Morgan fingerprint density at radius 1 is 1.10 bits per heavy atom. The number of amides is 2. The summed E-state index contributed by atoms with van der Waals surface area (Å²) in [6.07, 6.45) is 1.67. The van der Waals surface area contributed by atoms with Crippen molar-refractivity contribution < 1.29 is 14.1 Å². The summed E-state index contributed by atoms with van der Waals surface area (Å²) >= 11 is 2.96. The minimum absolute atomic E-state index is 0.0356. The molecule has 0 saturated carbocycles. The van der Waals surface area contributed by atoms with Crippen LogP contribution < -0.4 is 5.32 Å². The fourth-order valence-electron chi connectivity index (χ4n) is 3.30. The van der Waals surface area contributed by atoms with Crippen LogP contribution in [0.25, 0.3) is 10.7 Å². The molecule has 158 valence electrons. The third-order valence-electron chi connectivity index (χ3n) is 4.94. The Balaban J connectivity index is 1.13. The summed E-state index contributed by atoms with van der Waals surface area (Å²) < 4.78 is 5.34. The molecule has 2 amide bonds. The van der Waals surface area contributed by atoms with Gasteiger partial charge in [0.05, 0.1) is 16.3 Å². The molecular weight excluding hydrogens is 422 g/mol. The Bertz CT molecular complexity index is 947. The Morgan fingerprint density at radius 3 is 2.63 bits per heavy atom. The van der Waals surface area contributed by atoms with E-state index in [4.69, 9.17) is 4.52 Å². The summed E-state index contributed by atoms with van der Waals surface area (Å²) in [7, 11) is 0. The molecule has 1 N–H and O–H groups in total. The molecule has 0 bridgehead atoms. The van der Waals surface area contributed by atoms with E-state index in [1.54, 1.807) is 17.4 Å². The van der Waals surface area contributed by atoms with Crippen molar-refractivity contribution in [1.82, 2.24) is 25.3 Å². The first-order valence-electron chi connectivity index (χ1n) is 9.87. The number of hydrogen-bond acceptors (Lipinski definition) is 8. The first-order valence-corrected chi connectivity index (χ1v) is 11.6. The van der Waals surface area contributed by atoms with Gasteiger partial charge in [0, 0.05) is 32.6 Å². The standard InChI is InChI=1S/C20H23N5O3S2/c26-18(14-21-20(27)16-5-3-13-30-16)25-10-8-24(9-11-25)7-1-6-17-22-19(23-28-17)15-4-2-12-29-15/h2-5,12-13H,1,6-11,14H2,(H,21,27). The summed E-state index contributed by atoms with van der Waals surface area (Å²) in [5, 5.41) is 10.6. The van der Waals surface area contributed by atoms with Crippen molar-refractivity contribution in [2.75, 3.05) is 39.3 Å². The molecule has 0 atom stereocenters. The van der Waals surface area contributed by atoms with E-state index in [1.165, 1.54) is 11.3 Å². The zero-order chi connectivity index (χ0) is 20.8. The maximum Gasteiger partial charge on any atom is 0.261 e. The molecule has 0 spiro atoms. The molecule has 1 saturated heterocycles. The summed E-state index contributed by atoms with van der Waals surface area (Å²) in [4.78, 5) is 34.5. The number of hydrogen-bond donors (Lipinski definition) is 1. The van der Waals surface area contributed by atoms with Gasteiger partial charge in [-0.1, -0.05) is 17.3 Å². The smallest absolute Gasteiger partial charge is 0.261 e. The maximum atomic E-state index is 12.3. The van der Waals surface area contributed by atoms with Gasteiger partial charge in [-0.25, -0.2) is 0 Å². The van der Waals surface area contributed by atoms with Crippen LogP contribution in [0.15, 0.2) is 39.5 Å². The van der Waals surface area contributed by atoms with Crippen molar-refractivity contribution in [3.8, 4) is 10.7 Å². The van der Waals surface area contributed by atoms with E-state index < -0.39 is 0 Å². The fraction of sp³-hybridized carbons (Fsp3) is 0.400. The van der Waals surface area contributed by atoms with Crippen LogP contribution in [0.3, 0.4) is 0 Å². The summed E-state index contributed by atoms with van der Waals surface area (Å²) in [6.45, 7) is 3.98. The quantitative estimate of drug-likeness (QED) is 0.572. The minimum Gasteiger partial charge on any atom is -0.342 e. The van der Waals surface area contributed by atoms with Crippen molar-refractivity contribution in [1.29, 1.82) is 0 Å². The molecule has 4 heterocycles. The van der Waals surface area contributed by atoms with Crippen LogP contribution in [-0.2, 0) is 11.2 Å². The Kier molecular flexibility index (Phi) is 6.88. The Hall–Kier alpha value is -2.56. The molecule has 3 aromatic rings. The fourth-order valence-corrected chi connectivity index (χ4v) is 4.59. The number of thiophene rings is 2. The number of carbonyl (C=O) groups is 2. The van der Waals surface area contributed by atoms with E-state index in [1.807, 2.05) is 33.9 Å². The van der Waals surface area contributed by atoms with Crippen LogP contribution in [0.2, 0.25) is 0 Å². The number of aromatic nitrogens is 2. The Labute approximate surface area is 182 Å². The average Bonchev–Trinajstić information content (AvgIpc) is 3.54. The first kappa shape index (κ1) is 20.7. The van der Waals surface area contributed by atoms with Crippen molar-refractivity contribution >= 4 is 34.5 Å². The molecule has 10 heteroatoms. The maximum absolute atomic E-state index is 12.3. The predicted molar refractivity (Wildman–Crippen MR) is 116 cm³/mol. The third-order valence-corrected chi connectivity index (χ3v) is 6.68. The van der Waals surface area contributed by atoms with Crippen molar-refractivity contribution in [3.05, 3.63) is 45.8 Å². The van der Waals surface area contributed by atoms with E-state index in [9.17, 15) is 9.59 Å². The predicted octanol–water partition coefficient (Wildman–Crippen LogP) is 2.37. The van der Waals surface area contributed by atoms with E-state index in [2.05, 4.69) is 20.4 Å². The van der Waals surface area contributed by atoms with Gasteiger partial charge in [-0.15, -0.1) is 22.7 Å². The molecule has 30 heavy (non-hydrogen) atoms. The third kappa shape index (κ3) is 5.32. The van der Waals surface area contributed by atoms with Crippen LogP contribution in [0, 0.1) is 0 Å². The molecule has 4 rings (SSSR count). The van der Waals surface area contributed by atoms with E-state index in [-0.39, 0.29) is 18.4 Å². The lowest BCUT2D eigenvalue weighted by Crippen LogP contribution is -2.51. The Morgan fingerprint density at radius 2 is 1.90 bits per heavy atom. The summed E-state index contributed by atoms with van der Waals surface area (Å²) in [5.74, 6) is 1.08. The summed E-state index contributed by atoms with van der Waals surface area (Å²) in [5.41, 5.74) is 0. The van der Waals surface area contributed by atoms with Gasteiger partial charge in [0.15, 0.2) is 0 Å². The lowest BCUT2D eigenvalue weighted by atomic mass is 10.2. The monoisotopic (exact) mass is 445 g/mol. The van der Waals surface area contributed by atoms with Crippen LogP contribution in [0.1, 0.15) is 22.0 Å². The molecule has 0 radical (unpaired) electrons. The highest BCUT2D eigenvalue weighted by Gasteiger charge is 2.21. The zero-order valence-electron chi connectivity index (χ0n) is 16.5. The second kappa shape index (κ2) is 9.96.